The van der Waals surface area contributed by atoms with Gasteiger partial charge in [-0.2, -0.15) is 0 Å². The van der Waals surface area contributed by atoms with E-state index in [1.54, 1.807) is 0 Å². The molecule has 494 valence electrons. The third-order valence-electron chi connectivity index (χ3n) is 23.9. The lowest BCUT2D eigenvalue weighted by Crippen LogP contribution is -2.61. The van der Waals surface area contributed by atoms with Crippen LogP contribution >= 0.6 is 0 Å². The number of anilines is 6. The first-order valence-corrected chi connectivity index (χ1v) is 36.7. The van der Waals surface area contributed by atoms with Gasteiger partial charge in [-0.3, -0.25) is 0 Å². The molecule has 12 bridgehead atoms. The predicted molar refractivity (Wildman–Crippen MR) is 438 cm³/mol. The van der Waals surface area contributed by atoms with Crippen molar-refractivity contribution in [3.05, 3.63) is 331 Å². The largest absolute Gasteiger partial charge is 0.310 e. The molecule has 103 heavy (non-hydrogen) atoms. The van der Waals surface area contributed by atoms with Crippen molar-refractivity contribution in [2.24, 2.45) is 0 Å². The average molecular weight is 1320 g/mol. The molecule has 16 aromatic rings. The zero-order valence-electron chi connectivity index (χ0n) is 60.2. The first-order valence-electron chi connectivity index (χ1n) is 36.7. The van der Waals surface area contributed by atoms with Crippen LogP contribution in [0.1, 0.15) is 103 Å². The molecule has 6 aliphatic heterocycles. The number of hydrogen-bond acceptors (Lipinski definition) is 2. The summed E-state index contributed by atoms with van der Waals surface area (Å²) in [4.78, 5) is 5.45. The molecule has 0 amide bonds. The van der Waals surface area contributed by atoms with E-state index in [1.165, 1.54) is 93.4 Å². The van der Waals surface area contributed by atoms with Gasteiger partial charge in [0, 0.05) is 88.8 Å². The molecule has 2 aromatic heterocycles. The highest BCUT2D eigenvalue weighted by molar-refractivity contribution is 7.00. The van der Waals surface area contributed by atoms with Crippen molar-refractivity contribution < 1.29 is 0 Å². The molecule has 0 saturated carbocycles. The van der Waals surface area contributed by atoms with Gasteiger partial charge in [0.1, 0.15) is 0 Å². The molecule has 0 saturated heterocycles. The Morgan fingerprint density at radius 3 is 1.03 bits per heavy atom. The SMILES string of the molecule is CC(C)(C)c1ccc(-c2cccc3c2N2c4cc(ccc4B4c5ccc6cc5N(c5cc(-c7ccccc7)cc2c54)c2c(-c4ccc(C(C)(C)C)cc4)cccc2-c2ccc(cc2)C(C)(C)c2ccc4c5ccccc5n-6c4c2)-n2c4ccccc4c4ccc(cc42)C(C)(C)c2ccc-3cc2)cc1. The lowest BCUT2D eigenvalue weighted by Gasteiger charge is -2.46. The van der Waals surface area contributed by atoms with E-state index in [2.05, 4.69) is 385 Å². The van der Waals surface area contributed by atoms with E-state index in [-0.39, 0.29) is 28.4 Å². The molecular formula is C98H79BN4. The van der Waals surface area contributed by atoms with Crippen LogP contribution in [0.5, 0.6) is 0 Å². The Morgan fingerprint density at radius 1 is 0.272 bits per heavy atom. The lowest BCUT2D eigenvalue weighted by molar-refractivity contribution is 0.590. The monoisotopic (exact) mass is 1320 g/mol. The van der Waals surface area contributed by atoms with Gasteiger partial charge in [0.15, 0.2) is 0 Å². The zero-order chi connectivity index (χ0) is 69.7. The van der Waals surface area contributed by atoms with Crippen LogP contribution in [0.15, 0.2) is 297 Å². The normalized spacial score (nSPS) is 14.4. The second-order valence-corrected chi connectivity index (χ2v) is 32.5. The Hall–Kier alpha value is -11.7. The average Bonchev–Trinajstić information content (AvgIpc) is 0.829. The molecule has 5 heteroatoms. The maximum atomic E-state index is 2.72. The summed E-state index contributed by atoms with van der Waals surface area (Å²) in [6.07, 6.45) is 0. The van der Waals surface area contributed by atoms with Gasteiger partial charge in [-0.05, 0) is 155 Å². The van der Waals surface area contributed by atoms with Gasteiger partial charge in [-0.15, -0.1) is 0 Å². The zero-order valence-corrected chi connectivity index (χ0v) is 60.2. The standard InChI is InChI=1S/C98H79BN4/c1-95(2,3)66-38-30-61(31-39-66)74-24-18-26-76-63-34-42-68(43-35-63)97(7,8)70-46-50-80-78-22-14-16-28-84(78)100(86(80)56-70)72-48-52-82-88(58-72)102(93(74)76)90-54-65(60-20-12-11-13-21-60)55-91-92(90)99(82)83-53-49-73-59-89(83)103(91)94-75(62-32-40-67(41-33-62)96(4,5)6)25-19-27-77(94)64-36-44-69(45-37-64)98(9,10)71-47-51-81-79-23-15-17-29-85(79)101(73)87(81)57-71/h11-59H,1-10H3. The van der Waals surface area contributed by atoms with E-state index in [4.69, 9.17) is 0 Å². The van der Waals surface area contributed by atoms with Gasteiger partial charge in [-0.25, -0.2) is 0 Å². The molecule has 0 aliphatic carbocycles. The second kappa shape index (κ2) is 21.9. The summed E-state index contributed by atoms with van der Waals surface area (Å²) in [6.45, 7) is 23.2. The predicted octanol–water partition coefficient (Wildman–Crippen LogP) is 24.2. The summed E-state index contributed by atoms with van der Waals surface area (Å²) < 4.78 is 5.11. The van der Waals surface area contributed by atoms with E-state index in [1.807, 2.05) is 0 Å². The molecule has 0 spiro atoms. The number of rotatable bonds is 3. The minimum Gasteiger partial charge on any atom is -0.310 e. The Bertz CT molecular complexity index is 5870. The molecule has 4 nitrogen and oxygen atoms in total. The topological polar surface area (TPSA) is 16.3 Å². The van der Waals surface area contributed by atoms with E-state index in [9.17, 15) is 0 Å². The molecule has 0 atom stereocenters. The highest BCUT2D eigenvalue weighted by Crippen LogP contribution is 2.56. The number of fused-ring (bicyclic) bond motifs is 10. The molecule has 0 N–H and O–H groups in total. The van der Waals surface area contributed by atoms with E-state index >= 15 is 0 Å². The van der Waals surface area contributed by atoms with E-state index in [0.717, 1.165) is 101 Å². The van der Waals surface area contributed by atoms with Crippen LogP contribution in [-0.2, 0) is 21.7 Å². The molecular weight excluding hydrogens is 1240 g/mol. The second-order valence-electron chi connectivity index (χ2n) is 32.5. The highest BCUT2D eigenvalue weighted by atomic mass is 15.2. The van der Waals surface area contributed by atoms with Crippen LogP contribution < -0.4 is 26.2 Å². The minimum atomic E-state index is -0.322. The first-order chi connectivity index (χ1) is 49.8. The van der Waals surface area contributed by atoms with Crippen molar-refractivity contribution in [2.75, 3.05) is 9.80 Å². The summed E-state index contributed by atoms with van der Waals surface area (Å²) >= 11 is 0. The fourth-order valence-corrected chi connectivity index (χ4v) is 18.1. The summed E-state index contributed by atoms with van der Waals surface area (Å²) in [7, 11) is 0. The van der Waals surface area contributed by atoms with Crippen LogP contribution in [0.3, 0.4) is 0 Å². The third-order valence-corrected chi connectivity index (χ3v) is 23.9. The maximum absolute atomic E-state index is 2.72. The van der Waals surface area contributed by atoms with Crippen molar-refractivity contribution in [1.82, 2.24) is 9.13 Å². The summed E-state index contributed by atoms with van der Waals surface area (Å²) in [5, 5.41) is 4.94. The Morgan fingerprint density at radius 2 is 0.631 bits per heavy atom. The van der Waals surface area contributed by atoms with Crippen LogP contribution in [-0.4, -0.2) is 15.8 Å². The quantitative estimate of drug-likeness (QED) is 0.164. The van der Waals surface area contributed by atoms with Crippen molar-refractivity contribution in [3.63, 3.8) is 0 Å². The number of nitrogens with zero attached hydrogens (tertiary/aromatic N) is 4. The Labute approximate surface area is 604 Å². The van der Waals surface area contributed by atoms with Crippen molar-refractivity contribution in [1.29, 1.82) is 0 Å². The van der Waals surface area contributed by atoms with Crippen LogP contribution in [0.2, 0.25) is 0 Å². The van der Waals surface area contributed by atoms with Crippen molar-refractivity contribution in [2.45, 2.75) is 90.9 Å². The van der Waals surface area contributed by atoms with Crippen molar-refractivity contribution in [3.8, 4) is 67.0 Å². The van der Waals surface area contributed by atoms with Gasteiger partial charge in [0.25, 0.3) is 6.71 Å². The van der Waals surface area contributed by atoms with E-state index in [0.29, 0.717) is 0 Å². The van der Waals surface area contributed by atoms with Gasteiger partial charge in [0.2, 0.25) is 0 Å². The maximum Gasteiger partial charge on any atom is 0.252 e. The number of hydrogen-bond donors (Lipinski definition) is 0. The molecule has 0 fully saturated rings. The molecule has 0 unspecified atom stereocenters. The first kappa shape index (κ1) is 61.2. The Kier molecular flexibility index (Phi) is 13.0. The summed E-state index contributed by atoms with van der Waals surface area (Å²) in [5.74, 6) is 0. The smallest absolute Gasteiger partial charge is 0.252 e. The molecule has 0 radical (unpaired) electrons. The molecule has 6 aliphatic rings. The third kappa shape index (κ3) is 9.10. The Balaban J connectivity index is 0.974. The van der Waals surface area contributed by atoms with Crippen LogP contribution in [0.4, 0.5) is 34.1 Å². The number of aromatic nitrogens is 2. The fraction of sp³-hybridized carbons (Fsp3) is 0.143. The molecule has 8 heterocycles. The molecule has 22 rings (SSSR count). The number of para-hydroxylation sites is 4. The fourth-order valence-electron chi connectivity index (χ4n) is 18.1. The van der Waals surface area contributed by atoms with Gasteiger partial charge < -0.3 is 18.9 Å². The van der Waals surface area contributed by atoms with E-state index < -0.39 is 0 Å². The number of benzene rings is 14. The van der Waals surface area contributed by atoms with Gasteiger partial charge in [0.05, 0.1) is 33.4 Å². The highest BCUT2D eigenvalue weighted by Gasteiger charge is 2.46. The van der Waals surface area contributed by atoms with Crippen molar-refractivity contribution >= 4 is 101 Å². The minimum absolute atomic E-state index is 0.0386. The van der Waals surface area contributed by atoms with Crippen LogP contribution in [0, 0.1) is 0 Å². The van der Waals surface area contributed by atoms with Crippen LogP contribution in [0.25, 0.3) is 111 Å². The molecule has 14 aromatic carbocycles. The summed E-state index contributed by atoms with van der Waals surface area (Å²) in [5.41, 5.74) is 36.0. The van der Waals surface area contributed by atoms with Gasteiger partial charge >= 0.3 is 0 Å². The summed E-state index contributed by atoms with van der Waals surface area (Å²) in [6, 6.07) is 116. The van der Waals surface area contributed by atoms with Gasteiger partial charge in [-0.1, -0.05) is 306 Å². The lowest BCUT2D eigenvalue weighted by atomic mass is 9.33.